The molecule has 31 heavy (non-hydrogen) atoms. The summed E-state index contributed by atoms with van der Waals surface area (Å²) in [6, 6.07) is 19.5. The number of carbonyl (C=O) groups is 1. The Hall–Kier alpha value is -3.64. The smallest absolute Gasteiger partial charge is 0.310 e. The summed E-state index contributed by atoms with van der Waals surface area (Å²) < 4.78 is 16.7. The Labute approximate surface area is 180 Å². The minimum atomic E-state index is -0.308. The molecule has 0 unspecified atom stereocenters. The number of hydrogen-bond donors (Lipinski definition) is 1. The van der Waals surface area contributed by atoms with Gasteiger partial charge in [0.2, 0.25) is 0 Å². The predicted molar refractivity (Wildman–Crippen MR) is 119 cm³/mol. The maximum Gasteiger partial charge on any atom is 0.310 e. The van der Waals surface area contributed by atoms with Crippen molar-refractivity contribution in [1.29, 1.82) is 0 Å². The van der Waals surface area contributed by atoms with Gasteiger partial charge >= 0.3 is 5.97 Å². The van der Waals surface area contributed by atoms with Crippen LogP contribution in [0.15, 0.2) is 65.1 Å². The molecule has 0 spiro atoms. The minimum Gasteiger partial charge on any atom is -0.489 e. The number of nitrogens with zero attached hydrogens (tertiary/aromatic N) is 1. The zero-order chi connectivity index (χ0) is 21.8. The van der Waals surface area contributed by atoms with Crippen LogP contribution in [0.4, 0.5) is 0 Å². The average Bonchev–Trinajstić information content (AvgIpc) is 3.17. The van der Waals surface area contributed by atoms with Crippen molar-refractivity contribution in [1.82, 2.24) is 4.98 Å². The van der Waals surface area contributed by atoms with Crippen molar-refractivity contribution in [2.75, 3.05) is 7.11 Å². The first-order valence-corrected chi connectivity index (χ1v) is 10.0. The van der Waals surface area contributed by atoms with E-state index in [1.54, 1.807) is 0 Å². The summed E-state index contributed by atoms with van der Waals surface area (Å²) >= 11 is 0. The van der Waals surface area contributed by atoms with Gasteiger partial charge in [0.05, 0.1) is 13.5 Å². The van der Waals surface area contributed by atoms with Crippen molar-refractivity contribution in [2.24, 2.45) is 5.73 Å². The summed E-state index contributed by atoms with van der Waals surface area (Å²) in [5.41, 5.74) is 12.1. The maximum atomic E-state index is 11.7. The second kappa shape index (κ2) is 9.02. The highest BCUT2D eigenvalue weighted by atomic mass is 16.5. The molecular formula is C25H24N2O4. The number of carbonyl (C=O) groups excluding carboxylic acids is 1. The molecule has 0 saturated heterocycles. The lowest BCUT2D eigenvalue weighted by Gasteiger charge is -2.12. The van der Waals surface area contributed by atoms with Crippen LogP contribution < -0.4 is 10.5 Å². The third-order valence-corrected chi connectivity index (χ3v) is 5.06. The molecule has 4 rings (SSSR count). The average molecular weight is 416 g/mol. The normalized spacial score (nSPS) is 10.9. The van der Waals surface area contributed by atoms with E-state index in [9.17, 15) is 4.79 Å². The van der Waals surface area contributed by atoms with E-state index in [-0.39, 0.29) is 12.4 Å². The number of benzene rings is 3. The van der Waals surface area contributed by atoms with Crippen molar-refractivity contribution in [3.05, 3.63) is 83.2 Å². The molecule has 0 aliphatic carbocycles. The van der Waals surface area contributed by atoms with Crippen LogP contribution in [-0.4, -0.2) is 18.1 Å². The van der Waals surface area contributed by atoms with E-state index in [4.69, 9.17) is 19.6 Å². The van der Waals surface area contributed by atoms with Crippen LogP contribution in [0.1, 0.15) is 22.6 Å². The lowest BCUT2D eigenvalue weighted by molar-refractivity contribution is -0.139. The number of oxazole rings is 1. The standard InChI is InChI=1S/C25H24N2O4/c1-16-27-22-12-18(15-30-23-9-4-3-7-20(23)13-24(28)29-2)11-21(25(22)31-16)19-8-5-6-17(10-19)14-26/h3-12H,13-15,26H2,1-2H3. The van der Waals surface area contributed by atoms with Crippen LogP contribution in [-0.2, 0) is 29.1 Å². The van der Waals surface area contributed by atoms with Crippen molar-refractivity contribution < 1.29 is 18.7 Å². The fraction of sp³-hybridized carbons (Fsp3) is 0.200. The van der Waals surface area contributed by atoms with E-state index in [1.165, 1.54) is 7.11 Å². The quantitative estimate of drug-likeness (QED) is 0.445. The topological polar surface area (TPSA) is 87.6 Å². The van der Waals surface area contributed by atoms with Crippen LogP contribution >= 0.6 is 0 Å². The van der Waals surface area contributed by atoms with Gasteiger partial charge in [-0.15, -0.1) is 0 Å². The van der Waals surface area contributed by atoms with E-state index >= 15 is 0 Å². The highest BCUT2D eigenvalue weighted by Gasteiger charge is 2.14. The lowest BCUT2D eigenvalue weighted by atomic mass is 10.00. The third kappa shape index (κ3) is 4.59. The van der Waals surface area contributed by atoms with Gasteiger partial charge in [-0.3, -0.25) is 4.79 Å². The van der Waals surface area contributed by atoms with Crippen LogP contribution in [0.5, 0.6) is 5.75 Å². The van der Waals surface area contributed by atoms with Gasteiger partial charge in [-0.1, -0.05) is 36.4 Å². The summed E-state index contributed by atoms with van der Waals surface area (Å²) in [5.74, 6) is 0.946. The van der Waals surface area contributed by atoms with Gasteiger partial charge in [0, 0.05) is 24.6 Å². The molecule has 2 N–H and O–H groups in total. The Balaban J connectivity index is 1.67. The molecule has 3 aromatic carbocycles. The van der Waals surface area contributed by atoms with Crippen molar-refractivity contribution in [2.45, 2.75) is 26.5 Å². The molecule has 0 fully saturated rings. The molecule has 0 amide bonds. The van der Waals surface area contributed by atoms with E-state index < -0.39 is 0 Å². The molecule has 0 aliphatic rings. The number of aromatic nitrogens is 1. The molecule has 0 radical (unpaired) electrons. The van der Waals surface area contributed by atoms with Gasteiger partial charge in [0.1, 0.15) is 17.9 Å². The number of ether oxygens (including phenoxy) is 2. The number of rotatable bonds is 7. The highest BCUT2D eigenvalue weighted by Crippen LogP contribution is 2.32. The van der Waals surface area contributed by atoms with Crippen molar-refractivity contribution in [3.8, 4) is 16.9 Å². The first kappa shape index (κ1) is 20.6. The van der Waals surface area contributed by atoms with Crippen LogP contribution in [0.2, 0.25) is 0 Å². The molecule has 6 nitrogen and oxygen atoms in total. The van der Waals surface area contributed by atoms with Crippen LogP contribution in [0.25, 0.3) is 22.2 Å². The molecule has 6 heteroatoms. The van der Waals surface area contributed by atoms with Gasteiger partial charge in [-0.05, 0) is 41.0 Å². The third-order valence-electron chi connectivity index (χ3n) is 5.06. The molecular weight excluding hydrogens is 392 g/mol. The first-order valence-electron chi connectivity index (χ1n) is 10.0. The Morgan fingerprint density at radius 2 is 1.90 bits per heavy atom. The second-order valence-electron chi connectivity index (χ2n) is 7.28. The highest BCUT2D eigenvalue weighted by molar-refractivity contribution is 5.91. The molecule has 0 atom stereocenters. The summed E-state index contributed by atoms with van der Waals surface area (Å²) in [6.45, 7) is 2.62. The summed E-state index contributed by atoms with van der Waals surface area (Å²) in [6.07, 6.45) is 0.158. The Bertz CT molecular complexity index is 1230. The zero-order valence-corrected chi connectivity index (χ0v) is 17.6. The molecule has 4 aromatic rings. The number of fused-ring (bicyclic) bond motifs is 1. The van der Waals surface area contributed by atoms with E-state index in [2.05, 4.69) is 11.1 Å². The Morgan fingerprint density at radius 1 is 1.06 bits per heavy atom. The maximum absolute atomic E-state index is 11.7. The SMILES string of the molecule is COC(=O)Cc1ccccc1OCc1cc(-c2cccc(CN)c2)c2oc(C)nc2c1. The molecule has 1 aromatic heterocycles. The molecule has 158 valence electrons. The fourth-order valence-corrected chi connectivity index (χ4v) is 3.55. The molecule has 0 bridgehead atoms. The number of methoxy groups -OCH3 is 1. The summed E-state index contributed by atoms with van der Waals surface area (Å²) in [7, 11) is 1.38. The van der Waals surface area contributed by atoms with Crippen LogP contribution in [0, 0.1) is 6.92 Å². The fourth-order valence-electron chi connectivity index (χ4n) is 3.55. The van der Waals surface area contributed by atoms with Gasteiger partial charge in [-0.2, -0.15) is 0 Å². The number of aryl methyl sites for hydroxylation is 1. The Morgan fingerprint density at radius 3 is 2.71 bits per heavy atom. The molecule has 1 heterocycles. The number of hydrogen-bond acceptors (Lipinski definition) is 6. The van der Waals surface area contributed by atoms with Crippen molar-refractivity contribution >= 4 is 17.1 Å². The van der Waals surface area contributed by atoms with E-state index in [0.717, 1.165) is 38.9 Å². The van der Waals surface area contributed by atoms with Gasteiger partial charge < -0.3 is 19.6 Å². The molecule has 0 aliphatic heterocycles. The first-order chi connectivity index (χ1) is 15.1. The van der Waals surface area contributed by atoms with Crippen molar-refractivity contribution in [3.63, 3.8) is 0 Å². The molecule has 0 saturated carbocycles. The lowest BCUT2D eigenvalue weighted by Crippen LogP contribution is -2.07. The van der Waals surface area contributed by atoms with E-state index in [1.807, 2.05) is 61.5 Å². The number of nitrogens with two attached hydrogens (primary N) is 1. The summed E-state index contributed by atoms with van der Waals surface area (Å²) in [4.78, 5) is 16.2. The van der Waals surface area contributed by atoms with E-state index in [0.29, 0.717) is 24.8 Å². The van der Waals surface area contributed by atoms with Gasteiger partial charge in [0.15, 0.2) is 11.5 Å². The van der Waals surface area contributed by atoms with Gasteiger partial charge in [-0.25, -0.2) is 4.98 Å². The predicted octanol–water partition coefficient (Wildman–Crippen LogP) is 4.56. The zero-order valence-electron chi connectivity index (χ0n) is 17.6. The monoisotopic (exact) mass is 416 g/mol. The minimum absolute atomic E-state index is 0.158. The second-order valence-corrected chi connectivity index (χ2v) is 7.28. The number of esters is 1. The van der Waals surface area contributed by atoms with Gasteiger partial charge in [0.25, 0.3) is 0 Å². The number of para-hydroxylation sites is 1. The van der Waals surface area contributed by atoms with Crippen LogP contribution in [0.3, 0.4) is 0 Å². The summed E-state index contributed by atoms with van der Waals surface area (Å²) in [5, 5.41) is 0. The Kier molecular flexibility index (Phi) is 6.00. The largest absolute Gasteiger partial charge is 0.489 e.